The second-order valence-electron chi connectivity index (χ2n) is 2.95. The van der Waals surface area contributed by atoms with Crippen molar-refractivity contribution in [3.63, 3.8) is 0 Å². The van der Waals surface area contributed by atoms with E-state index < -0.39 is 0 Å². The Morgan fingerprint density at radius 3 is 2.67 bits per heavy atom. The third-order valence-corrected chi connectivity index (χ3v) is 3.59. The van der Waals surface area contributed by atoms with Gasteiger partial charge in [0.2, 0.25) is 0 Å². The van der Waals surface area contributed by atoms with Crippen LogP contribution in [0.2, 0.25) is 4.55 Å². The van der Waals surface area contributed by atoms with E-state index in [2.05, 4.69) is 49.4 Å². The average Bonchev–Trinajstić information content (AvgIpc) is 2.14. The second kappa shape index (κ2) is 6.27. The molecule has 0 aliphatic rings. The molecule has 0 aliphatic carbocycles. The minimum atomic E-state index is 0.115. The first-order valence-electron chi connectivity index (χ1n) is 4.58. The molecular formula is C11H14Mg. The molecule has 0 unspecified atom stereocenters. The van der Waals surface area contributed by atoms with Crippen LogP contribution in [0.4, 0.5) is 0 Å². The molecule has 0 atom stereocenters. The Morgan fingerprint density at radius 2 is 2.00 bits per heavy atom. The fourth-order valence-electron chi connectivity index (χ4n) is 1.24. The van der Waals surface area contributed by atoms with Crippen molar-refractivity contribution in [3.05, 3.63) is 48.0 Å². The summed E-state index contributed by atoms with van der Waals surface area (Å²) in [6.07, 6.45) is 4.44. The molecule has 0 aliphatic heterocycles. The summed E-state index contributed by atoms with van der Waals surface area (Å²) in [4.78, 5) is 0. The summed E-state index contributed by atoms with van der Waals surface area (Å²) < 4.78 is 2.68. The third kappa shape index (κ3) is 3.93. The van der Waals surface area contributed by atoms with Gasteiger partial charge in [-0.05, 0) is 6.92 Å². The monoisotopic (exact) mass is 170 g/mol. The van der Waals surface area contributed by atoms with E-state index in [0.29, 0.717) is 0 Å². The topological polar surface area (TPSA) is 0 Å². The largest absolute Gasteiger partial charge is 0.376 e. The molecule has 12 heavy (non-hydrogen) atoms. The molecule has 0 aromatic heterocycles. The molecule has 0 heterocycles. The van der Waals surface area contributed by atoms with Crippen LogP contribution in [0.25, 0.3) is 0 Å². The first-order valence-corrected chi connectivity index (χ1v) is 6.58. The van der Waals surface area contributed by atoms with Crippen molar-refractivity contribution in [2.45, 2.75) is 16.0 Å². The maximum Gasteiger partial charge on any atom is 0.376 e. The quantitative estimate of drug-likeness (QED) is 0.370. The van der Waals surface area contributed by atoms with Crippen LogP contribution in [-0.4, -0.2) is 20.4 Å². The van der Waals surface area contributed by atoms with Crippen LogP contribution >= 0.6 is 0 Å². The standard InChI is InChI=1S/C7H7.C4H7.Mg/c1-7-5-3-2-4-6-7;1-3-4-2;/h2-6H,1H2;3-4H,1H2,2H3;. The number of hydrogen-bond acceptors (Lipinski definition) is 0. The van der Waals surface area contributed by atoms with Gasteiger partial charge in [0.1, 0.15) is 0 Å². The average molecular weight is 171 g/mol. The fraction of sp³-hybridized carbons (Fsp3) is 0.273. The van der Waals surface area contributed by atoms with Gasteiger partial charge in [-0.25, -0.2) is 0 Å². The SMILES string of the molecule is CC=C[CH2][Mg][CH2]c1ccccc1. The highest BCUT2D eigenvalue weighted by Crippen LogP contribution is 1.99. The van der Waals surface area contributed by atoms with Gasteiger partial charge >= 0.3 is 20.4 Å². The normalized spacial score (nSPS) is 10.1. The van der Waals surface area contributed by atoms with Gasteiger partial charge in [0.05, 0.1) is 0 Å². The molecule has 60 valence electrons. The molecule has 0 N–H and O–H groups in total. The molecule has 1 heteroatoms. The van der Waals surface area contributed by atoms with Crippen molar-refractivity contribution in [3.8, 4) is 0 Å². The van der Waals surface area contributed by atoms with Gasteiger partial charge in [0.25, 0.3) is 0 Å². The Balaban J connectivity index is 2.24. The van der Waals surface area contributed by atoms with Crippen molar-refractivity contribution >= 4 is 20.4 Å². The number of benzene rings is 1. The summed E-state index contributed by atoms with van der Waals surface area (Å²) in [5.74, 6) is 0. The lowest BCUT2D eigenvalue weighted by Crippen LogP contribution is -1.93. The van der Waals surface area contributed by atoms with Crippen molar-refractivity contribution in [2.75, 3.05) is 0 Å². The molecule has 0 bridgehead atoms. The van der Waals surface area contributed by atoms with E-state index in [-0.39, 0.29) is 20.4 Å². The highest BCUT2D eigenvalue weighted by molar-refractivity contribution is 6.35. The minimum absolute atomic E-state index is 0.115. The summed E-state index contributed by atoms with van der Waals surface area (Å²) in [5.41, 5.74) is 1.51. The molecule has 0 spiro atoms. The molecule has 0 radical (unpaired) electrons. The zero-order valence-electron chi connectivity index (χ0n) is 7.66. The van der Waals surface area contributed by atoms with E-state index in [1.165, 1.54) is 14.7 Å². The molecule has 1 aromatic carbocycles. The Kier molecular flexibility index (Phi) is 5.12. The molecule has 0 saturated carbocycles. The molecule has 0 fully saturated rings. The predicted molar refractivity (Wildman–Crippen MR) is 55.5 cm³/mol. The van der Waals surface area contributed by atoms with Crippen molar-refractivity contribution in [1.82, 2.24) is 0 Å². The van der Waals surface area contributed by atoms with Crippen LogP contribution < -0.4 is 0 Å². The van der Waals surface area contributed by atoms with Gasteiger partial charge < -0.3 is 0 Å². The lowest BCUT2D eigenvalue weighted by Gasteiger charge is -1.95. The van der Waals surface area contributed by atoms with Gasteiger partial charge in [-0.3, -0.25) is 0 Å². The van der Waals surface area contributed by atoms with E-state index in [4.69, 9.17) is 0 Å². The Labute approximate surface area is 84.4 Å². The van der Waals surface area contributed by atoms with E-state index >= 15 is 0 Å². The van der Waals surface area contributed by atoms with E-state index in [1.54, 1.807) is 0 Å². The van der Waals surface area contributed by atoms with Gasteiger partial charge in [-0.15, -0.1) is 15.2 Å². The van der Waals surface area contributed by atoms with E-state index in [0.717, 1.165) is 0 Å². The zero-order valence-corrected chi connectivity index (χ0v) is 9.08. The molecule has 1 aromatic rings. The lowest BCUT2D eigenvalue weighted by molar-refractivity contribution is 1.36. The fourth-order valence-corrected chi connectivity index (χ4v) is 2.75. The van der Waals surface area contributed by atoms with Crippen molar-refractivity contribution < 1.29 is 0 Å². The highest BCUT2D eigenvalue weighted by atomic mass is 24.5. The first kappa shape index (κ1) is 9.81. The van der Waals surface area contributed by atoms with Crippen LogP contribution in [-0.2, 0) is 4.55 Å². The number of hydrogen-bond donors (Lipinski definition) is 0. The lowest BCUT2D eigenvalue weighted by atomic mass is 10.2. The third-order valence-electron chi connectivity index (χ3n) is 1.91. The summed E-state index contributed by atoms with van der Waals surface area (Å²) in [6, 6.07) is 10.8. The van der Waals surface area contributed by atoms with Gasteiger partial charge in [-0.1, -0.05) is 42.0 Å². The van der Waals surface area contributed by atoms with Crippen LogP contribution in [0.3, 0.4) is 0 Å². The molecular weight excluding hydrogens is 156 g/mol. The van der Waals surface area contributed by atoms with Gasteiger partial charge in [0, 0.05) is 0 Å². The zero-order chi connectivity index (χ0) is 8.65. The summed E-state index contributed by atoms with van der Waals surface area (Å²) in [6.45, 7) is 2.09. The smallest absolute Gasteiger partial charge is 0.128 e. The maximum absolute atomic E-state index is 2.29. The first-order chi connectivity index (χ1) is 5.93. The van der Waals surface area contributed by atoms with Crippen LogP contribution in [0.15, 0.2) is 42.5 Å². The molecule has 0 amide bonds. The number of allylic oxidation sites excluding steroid dienone is 2. The summed E-state index contributed by atoms with van der Waals surface area (Å²) >= 11 is 0.115. The predicted octanol–water partition coefficient (Wildman–Crippen LogP) is 2.89. The van der Waals surface area contributed by atoms with Gasteiger partial charge in [-0.2, -0.15) is 0 Å². The number of rotatable bonds is 4. The Hall–Kier alpha value is -0.274. The van der Waals surface area contributed by atoms with Crippen LogP contribution in [0.5, 0.6) is 0 Å². The van der Waals surface area contributed by atoms with Crippen molar-refractivity contribution in [1.29, 1.82) is 0 Å². The Bertz CT molecular complexity index is 226. The van der Waals surface area contributed by atoms with Crippen LogP contribution in [0.1, 0.15) is 12.5 Å². The summed E-state index contributed by atoms with van der Waals surface area (Å²) in [7, 11) is 0. The van der Waals surface area contributed by atoms with Crippen LogP contribution in [0, 0.1) is 0 Å². The van der Waals surface area contributed by atoms with Crippen molar-refractivity contribution in [2.24, 2.45) is 0 Å². The highest BCUT2D eigenvalue weighted by Gasteiger charge is 1.93. The maximum atomic E-state index is 2.29. The van der Waals surface area contributed by atoms with E-state index in [9.17, 15) is 0 Å². The molecule has 0 nitrogen and oxygen atoms in total. The Morgan fingerprint density at radius 1 is 1.25 bits per heavy atom. The van der Waals surface area contributed by atoms with Gasteiger partial charge in [0.15, 0.2) is 0 Å². The molecule has 1 rings (SSSR count). The van der Waals surface area contributed by atoms with E-state index in [1.807, 2.05) is 0 Å². The second-order valence-corrected chi connectivity index (χ2v) is 4.73. The summed E-state index contributed by atoms with van der Waals surface area (Å²) in [5, 5.41) is 0. The molecule has 0 saturated heterocycles. The minimum Gasteiger partial charge on any atom is -0.128 e.